The van der Waals surface area contributed by atoms with Crippen molar-refractivity contribution >= 4 is 15.9 Å². The van der Waals surface area contributed by atoms with E-state index in [0.717, 1.165) is 12.1 Å². The average Bonchev–Trinajstić information content (AvgIpc) is 2.54. The van der Waals surface area contributed by atoms with Crippen LogP contribution < -0.4 is 10.5 Å². The predicted molar refractivity (Wildman–Crippen MR) is 79.0 cm³/mol. The van der Waals surface area contributed by atoms with Gasteiger partial charge >= 0.3 is 0 Å². The highest BCUT2D eigenvalue weighted by atomic mass is 32.2. The first-order valence-corrected chi connectivity index (χ1v) is 8.44. The molecule has 1 fully saturated rings. The van der Waals surface area contributed by atoms with Gasteiger partial charge in [-0.05, 0) is 24.3 Å². The Morgan fingerprint density at radius 3 is 2.21 bits per heavy atom. The fourth-order valence-corrected chi connectivity index (χ4v) is 2.74. The van der Waals surface area contributed by atoms with Crippen LogP contribution in [0.25, 0.3) is 0 Å². The normalized spacial score (nSPS) is 30.8. The number of aliphatic hydroxyl groups excluding tert-OH is 4. The highest BCUT2D eigenvalue weighted by Crippen LogP contribution is 2.20. The third kappa shape index (κ3) is 3.89. The van der Waals surface area contributed by atoms with Crippen LogP contribution in [0.4, 0.5) is 0 Å². The van der Waals surface area contributed by atoms with Gasteiger partial charge in [0.1, 0.15) is 24.4 Å². The van der Waals surface area contributed by atoms with E-state index in [0.29, 0.717) is 0 Å². The summed E-state index contributed by atoms with van der Waals surface area (Å²) in [5, 5.41) is 45.5. The van der Waals surface area contributed by atoms with Crippen LogP contribution in [-0.4, -0.2) is 72.0 Å². The van der Waals surface area contributed by atoms with Gasteiger partial charge in [-0.25, -0.2) is 13.6 Å². The Bertz CT molecular complexity index is 690. The molecule has 134 valence electrons. The molecule has 0 unspecified atom stereocenters. The van der Waals surface area contributed by atoms with Gasteiger partial charge in [-0.2, -0.15) is 0 Å². The average molecular weight is 362 g/mol. The Hall–Kier alpha value is -1.60. The number of aliphatic hydroxyl groups is 4. The maximum Gasteiger partial charge on any atom is 0.253 e. The number of rotatable bonds is 4. The molecule has 0 aromatic heterocycles. The maximum absolute atomic E-state index is 12.1. The largest absolute Gasteiger partial charge is 0.394 e. The minimum absolute atomic E-state index is 0.0550. The number of nitrogens with two attached hydrogens (primary N) is 1. The fraction of sp³-hybridized carbons (Fsp3) is 0.462. The maximum atomic E-state index is 12.1. The molecular formula is C13H18N2O8S. The van der Waals surface area contributed by atoms with E-state index in [-0.39, 0.29) is 10.5 Å². The first kappa shape index (κ1) is 18.7. The number of benzene rings is 1. The second-order valence-electron chi connectivity index (χ2n) is 5.29. The van der Waals surface area contributed by atoms with Gasteiger partial charge in [0.25, 0.3) is 5.91 Å². The number of ether oxygens (including phenoxy) is 1. The molecule has 0 saturated carbocycles. The lowest BCUT2D eigenvalue weighted by Gasteiger charge is -2.40. The minimum Gasteiger partial charge on any atom is -0.394 e. The van der Waals surface area contributed by atoms with Crippen molar-refractivity contribution in [3.8, 4) is 0 Å². The van der Waals surface area contributed by atoms with E-state index in [4.69, 9.17) is 15.0 Å². The van der Waals surface area contributed by atoms with Gasteiger partial charge in [-0.1, -0.05) is 0 Å². The summed E-state index contributed by atoms with van der Waals surface area (Å²) in [7, 11) is -3.89. The molecule has 1 saturated heterocycles. The molecule has 1 aromatic rings. The van der Waals surface area contributed by atoms with E-state index < -0.39 is 53.2 Å². The van der Waals surface area contributed by atoms with Crippen LogP contribution in [-0.2, 0) is 14.8 Å². The summed E-state index contributed by atoms with van der Waals surface area (Å²) in [6.07, 6.45) is -7.29. The molecule has 1 amide bonds. The van der Waals surface area contributed by atoms with E-state index >= 15 is 0 Å². The molecular weight excluding hydrogens is 344 g/mol. The van der Waals surface area contributed by atoms with Crippen LogP contribution in [0, 0.1) is 0 Å². The van der Waals surface area contributed by atoms with Crippen LogP contribution in [0.15, 0.2) is 29.2 Å². The Morgan fingerprint density at radius 1 is 1.12 bits per heavy atom. The Morgan fingerprint density at radius 2 is 1.71 bits per heavy atom. The van der Waals surface area contributed by atoms with Crippen LogP contribution in [0.5, 0.6) is 0 Å². The molecule has 5 atom stereocenters. The molecule has 11 heteroatoms. The third-order valence-corrected chi connectivity index (χ3v) is 4.54. The zero-order valence-electron chi connectivity index (χ0n) is 12.3. The molecule has 1 aromatic carbocycles. The lowest BCUT2D eigenvalue weighted by Crippen LogP contribution is -2.63. The summed E-state index contributed by atoms with van der Waals surface area (Å²) in [4.78, 5) is 11.9. The fourth-order valence-electron chi connectivity index (χ4n) is 2.23. The second-order valence-corrected chi connectivity index (χ2v) is 6.85. The van der Waals surface area contributed by atoms with Crippen molar-refractivity contribution in [2.75, 3.05) is 6.61 Å². The topological polar surface area (TPSA) is 179 Å². The number of amides is 1. The van der Waals surface area contributed by atoms with Crippen molar-refractivity contribution in [1.29, 1.82) is 0 Å². The molecule has 24 heavy (non-hydrogen) atoms. The van der Waals surface area contributed by atoms with Gasteiger partial charge in [0.15, 0.2) is 6.23 Å². The summed E-state index contributed by atoms with van der Waals surface area (Å²) in [6, 6.07) is 4.69. The highest BCUT2D eigenvalue weighted by molar-refractivity contribution is 7.89. The summed E-state index contributed by atoms with van der Waals surface area (Å²) < 4.78 is 27.5. The standard InChI is InChI=1S/C13H18N2O8S/c14-24(21,22)7-3-1-6(2-4-7)12(20)15-13-11(19)10(18)9(17)8(5-16)23-13/h1-4,8-11,13,16-19H,5H2,(H,15,20)(H2,14,21,22)/t8-,9-,10+,11+,13-/m1/s1. The molecule has 7 N–H and O–H groups in total. The number of hydrogen-bond acceptors (Lipinski definition) is 8. The summed E-state index contributed by atoms with van der Waals surface area (Å²) >= 11 is 0. The number of carbonyl (C=O) groups excluding carboxylic acids is 1. The second kappa shape index (κ2) is 7.11. The van der Waals surface area contributed by atoms with Crippen molar-refractivity contribution in [2.24, 2.45) is 5.14 Å². The Labute approximate surface area is 137 Å². The smallest absolute Gasteiger partial charge is 0.253 e. The SMILES string of the molecule is NS(=O)(=O)c1ccc(C(=O)N[C@@H]2O[C@H](CO)[C@@H](O)[C@H](O)[C@@H]2O)cc1. The summed E-state index contributed by atoms with van der Waals surface area (Å²) in [5.74, 6) is -0.722. The Balaban J connectivity index is 2.11. The van der Waals surface area contributed by atoms with Crippen molar-refractivity contribution in [2.45, 2.75) is 35.5 Å². The lowest BCUT2D eigenvalue weighted by molar-refractivity contribution is -0.233. The molecule has 0 aliphatic carbocycles. The van der Waals surface area contributed by atoms with Gasteiger partial charge in [-0.15, -0.1) is 0 Å². The number of carbonyl (C=O) groups is 1. The zero-order valence-corrected chi connectivity index (χ0v) is 13.1. The van der Waals surface area contributed by atoms with Crippen molar-refractivity contribution in [3.05, 3.63) is 29.8 Å². The molecule has 0 radical (unpaired) electrons. The first-order chi connectivity index (χ1) is 11.1. The van der Waals surface area contributed by atoms with Crippen LogP contribution in [0.2, 0.25) is 0 Å². The van der Waals surface area contributed by atoms with Crippen LogP contribution >= 0.6 is 0 Å². The van der Waals surface area contributed by atoms with Crippen LogP contribution in [0.3, 0.4) is 0 Å². The molecule has 2 rings (SSSR count). The summed E-state index contributed by atoms with van der Waals surface area (Å²) in [6.45, 7) is -0.625. The van der Waals surface area contributed by atoms with Crippen molar-refractivity contribution in [3.63, 3.8) is 0 Å². The lowest BCUT2D eigenvalue weighted by atomic mass is 9.98. The first-order valence-electron chi connectivity index (χ1n) is 6.89. The van der Waals surface area contributed by atoms with E-state index in [1.165, 1.54) is 12.1 Å². The molecule has 0 spiro atoms. The van der Waals surface area contributed by atoms with E-state index in [2.05, 4.69) is 5.32 Å². The van der Waals surface area contributed by atoms with Crippen molar-refractivity contribution < 1.29 is 38.4 Å². The van der Waals surface area contributed by atoms with E-state index in [1.54, 1.807) is 0 Å². The molecule has 1 aliphatic rings. The molecule has 10 nitrogen and oxygen atoms in total. The van der Waals surface area contributed by atoms with Crippen molar-refractivity contribution in [1.82, 2.24) is 5.32 Å². The zero-order chi connectivity index (χ0) is 18.1. The minimum atomic E-state index is -3.89. The van der Waals surface area contributed by atoms with Gasteiger partial charge < -0.3 is 30.5 Å². The predicted octanol–water partition coefficient (Wildman–Crippen LogP) is -3.14. The van der Waals surface area contributed by atoms with Gasteiger partial charge in [-0.3, -0.25) is 4.79 Å². The van der Waals surface area contributed by atoms with E-state index in [9.17, 15) is 28.5 Å². The van der Waals surface area contributed by atoms with Gasteiger partial charge in [0.2, 0.25) is 10.0 Å². The summed E-state index contributed by atoms with van der Waals surface area (Å²) in [5.41, 5.74) is 0.0550. The number of primary sulfonamides is 1. The monoisotopic (exact) mass is 362 g/mol. The van der Waals surface area contributed by atoms with Gasteiger partial charge in [0, 0.05) is 5.56 Å². The van der Waals surface area contributed by atoms with E-state index in [1.807, 2.05) is 0 Å². The number of hydrogen-bond donors (Lipinski definition) is 6. The number of nitrogens with one attached hydrogen (secondary N) is 1. The van der Waals surface area contributed by atoms with Gasteiger partial charge in [0.05, 0.1) is 11.5 Å². The highest BCUT2D eigenvalue weighted by Gasteiger charge is 2.44. The number of sulfonamides is 1. The molecule has 1 aliphatic heterocycles. The quantitative estimate of drug-likeness (QED) is 0.325. The molecule has 1 heterocycles. The Kier molecular flexibility index (Phi) is 5.55. The third-order valence-electron chi connectivity index (χ3n) is 3.61. The van der Waals surface area contributed by atoms with Crippen LogP contribution in [0.1, 0.15) is 10.4 Å². The molecule has 0 bridgehead atoms.